The molecule has 1 aromatic heterocycles. The van der Waals surface area contributed by atoms with Crippen LogP contribution in [0.3, 0.4) is 0 Å². The van der Waals surface area contributed by atoms with Gasteiger partial charge in [-0.1, -0.05) is 25.1 Å². The number of nitrogens with zero attached hydrogens (tertiary/aromatic N) is 1. The van der Waals surface area contributed by atoms with E-state index in [1.807, 2.05) is 6.20 Å². The van der Waals surface area contributed by atoms with Gasteiger partial charge in [0, 0.05) is 18.5 Å². The van der Waals surface area contributed by atoms with E-state index in [1.165, 1.54) is 11.1 Å². The monoisotopic (exact) mass is 258 g/mol. The van der Waals surface area contributed by atoms with Crippen molar-refractivity contribution in [2.45, 2.75) is 33.6 Å². The molecule has 0 atom stereocenters. The van der Waals surface area contributed by atoms with Crippen LogP contribution in [0, 0.1) is 13.8 Å². The Labute approximate surface area is 115 Å². The highest BCUT2D eigenvalue weighted by Gasteiger charge is 2.09. The fraction of sp³-hybridized carbons (Fsp3) is 0.438. The van der Waals surface area contributed by atoms with Crippen LogP contribution in [0.2, 0.25) is 0 Å². The zero-order valence-corrected chi connectivity index (χ0v) is 12.0. The van der Waals surface area contributed by atoms with Gasteiger partial charge in [0.1, 0.15) is 0 Å². The van der Waals surface area contributed by atoms with E-state index in [-0.39, 0.29) is 0 Å². The molecule has 0 aliphatic rings. The highest BCUT2D eigenvalue weighted by atomic mass is 16.4. The maximum Gasteiger partial charge on any atom is 0.196 e. The number of aryl methyl sites for hydroxylation is 1. The zero-order valence-electron chi connectivity index (χ0n) is 12.0. The summed E-state index contributed by atoms with van der Waals surface area (Å²) >= 11 is 0. The maximum atomic E-state index is 5.83. The number of hydrogen-bond acceptors (Lipinski definition) is 3. The van der Waals surface area contributed by atoms with Crippen molar-refractivity contribution in [3.63, 3.8) is 0 Å². The second kappa shape index (κ2) is 6.53. The number of hydrogen-bond donors (Lipinski definition) is 1. The summed E-state index contributed by atoms with van der Waals surface area (Å²) in [4.78, 5) is 4.35. The Balaban J connectivity index is 2.06. The lowest BCUT2D eigenvalue weighted by atomic mass is 10.0. The minimum Gasteiger partial charge on any atom is -0.441 e. The van der Waals surface area contributed by atoms with E-state index in [2.05, 4.69) is 49.3 Å². The molecule has 3 heteroatoms. The van der Waals surface area contributed by atoms with Crippen LogP contribution >= 0.6 is 0 Å². The van der Waals surface area contributed by atoms with Crippen LogP contribution in [0.4, 0.5) is 0 Å². The number of aromatic nitrogens is 1. The molecule has 0 bridgehead atoms. The van der Waals surface area contributed by atoms with E-state index in [4.69, 9.17) is 4.42 Å². The molecule has 0 unspecified atom stereocenters. The molecule has 2 rings (SSSR count). The summed E-state index contributed by atoms with van der Waals surface area (Å²) in [7, 11) is 0. The van der Waals surface area contributed by atoms with Gasteiger partial charge in [-0.3, -0.25) is 0 Å². The molecule has 0 amide bonds. The van der Waals surface area contributed by atoms with Crippen LogP contribution in [0.1, 0.15) is 30.4 Å². The number of rotatable bonds is 6. The van der Waals surface area contributed by atoms with Gasteiger partial charge in [-0.2, -0.15) is 0 Å². The van der Waals surface area contributed by atoms with Crippen LogP contribution < -0.4 is 5.32 Å². The predicted molar refractivity (Wildman–Crippen MR) is 78.3 cm³/mol. The van der Waals surface area contributed by atoms with Crippen LogP contribution in [0.25, 0.3) is 11.3 Å². The highest BCUT2D eigenvalue weighted by molar-refractivity contribution is 5.62. The van der Waals surface area contributed by atoms with Crippen molar-refractivity contribution in [3.05, 3.63) is 41.4 Å². The van der Waals surface area contributed by atoms with Crippen molar-refractivity contribution in [2.75, 3.05) is 13.1 Å². The number of benzene rings is 1. The van der Waals surface area contributed by atoms with E-state index in [9.17, 15) is 0 Å². The average molecular weight is 258 g/mol. The summed E-state index contributed by atoms with van der Waals surface area (Å²) in [5.74, 6) is 1.67. The van der Waals surface area contributed by atoms with Crippen molar-refractivity contribution < 1.29 is 4.42 Å². The fourth-order valence-electron chi connectivity index (χ4n) is 2.07. The molecule has 1 N–H and O–H groups in total. The first-order valence-corrected chi connectivity index (χ1v) is 6.94. The molecule has 2 aromatic rings. The topological polar surface area (TPSA) is 38.1 Å². The molecule has 0 saturated carbocycles. The molecular formula is C16H22N2O. The second-order valence-electron chi connectivity index (χ2n) is 4.87. The summed E-state index contributed by atoms with van der Waals surface area (Å²) in [5, 5.41) is 3.35. The first-order chi connectivity index (χ1) is 9.22. The van der Waals surface area contributed by atoms with Crippen LogP contribution in [0.5, 0.6) is 0 Å². The van der Waals surface area contributed by atoms with Crippen molar-refractivity contribution in [3.8, 4) is 11.3 Å². The molecule has 102 valence electrons. The largest absolute Gasteiger partial charge is 0.441 e. The Morgan fingerprint density at radius 2 is 2.05 bits per heavy atom. The standard InChI is InChI=1S/C16H22N2O/c1-4-9-17-10-8-16-18-11-15(19-16)14-7-5-6-12(2)13(14)3/h5-7,11,17H,4,8-10H2,1-3H3. The molecule has 0 aliphatic carbocycles. The lowest BCUT2D eigenvalue weighted by Gasteiger charge is -2.05. The van der Waals surface area contributed by atoms with E-state index >= 15 is 0 Å². The Bertz CT molecular complexity index is 531. The molecule has 19 heavy (non-hydrogen) atoms. The van der Waals surface area contributed by atoms with Gasteiger partial charge >= 0.3 is 0 Å². The third-order valence-corrected chi connectivity index (χ3v) is 3.37. The third-order valence-electron chi connectivity index (χ3n) is 3.37. The summed E-state index contributed by atoms with van der Waals surface area (Å²) in [5.41, 5.74) is 3.68. The Hall–Kier alpha value is -1.61. The Morgan fingerprint density at radius 1 is 1.21 bits per heavy atom. The molecule has 0 radical (unpaired) electrons. The zero-order chi connectivity index (χ0) is 13.7. The average Bonchev–Trinajstić information content (AvgIpc) is 2.87. The normalized spacial score (nSPS) is 10.9. The lowest BCUT2D eigenvalue weighted by Crippen LogP contribution is -2.17. The summed E-state index contributed by atoms with van der Waals surface area (Å²) in [6.07, 6.45) is 3.82. The molecule has 0 fully saturated rings. The van der Waals surface area contributed by atoms with Gasteiger partial charge in [0.15, 0.2) is 11.7 Å². The van der Waals surface area contributed by atoms with Gasteiger partial charge in [-0.25, -0.2) is 4.98 Å². The Morgan fingerprint density at radius 3 is 2.84 bits per heavy atom. The third kappa shape index (κ3) is 3.44. The highest BCUT2D eigenvalue weighted by Crippen LogP contribution is 2.26. The Kier molecular flexibility index (Phi) is 4.74. The number of oxazole rings is 1. The first-order valence-electron chi connectivity index (χ1n) is 6.94. The van der Waals surface area contributed by atoms with E-state index in [1.54, 1.807) is 0 Å². The molecule has 0 aliphatic heterocycles. The molecule has 1 heterocycles. The minimum atomic E-state index is 0.805. The summed E-state index contributed by atoms with van der Waals surface area (Å²) < 4.78 is 5.83. The molecule has 0 saturated heterocycles. The van der Waals surface area contributed by atoms with Gasteiger partial charge in [0.25, 0.3) is 0 Å². The maximum absolute atomic E-state index is 5.83. The van der Waals surface area contributed by atoms with E-state index in [0.717, 1.165) is 43.1 Å². The first kappa shape index (κ1) is 13.8. The van der Waals surface area contributed by atoms with Crippen LogP contribution in [-0.4, -0.2) is 18.1 Å². The lowest BCUT2D eigenvalue weighted by molar-refractivity contribution is 0.494. The molecule has 1 aromatic carbocycles. The van der Waals surface area contributed by atoms with E-state index in [0.29, 0.717) is 0 Å². The summed E-state index contributed by atoms with van der Waals surface area (Å²) in [6.45, 7) is 8.36. The molecular weight excluding hydrogens is 236 g/mol. The van der Waals surface area contributed by atoms with Gasteiger partial charge in [0.05, 0.1) is 6.20 Å². The van der Waals surface area contributed by atoms with Crippen molar-refractivity contribution in [2.24, 2.45) is 0 Å². The van der Waals surface area contributed by atoms with Gasteiger partial charge in [0.2, 0.25) is 0 Å². The van der Waals surface area contributed by atoms with Crippen molar-refractivity contribution in [1.82, 2.24) is 10.3 Å². The minimum absolute atomic E-state index is 0.805. The molecule has 0 spiro atoms. The molecule has 3 nitrogen and oxygen atoms in total. The quantitative estimate of drug-likeness (QED) is 0.806. The van der Waals surface area contributed by atoms with E-state index < -0.39 is 0 Å². The SMILES string of the molecule is CCCNCCc1ncc(-c2cccc(C)c2C)o1. The number of nitrogens with one attached hydrogen (secondary N) is 1. The smallest absolute Gasteiger partial charge is 0.196 e. The van der Waals surface area contributed by atoms with Gasteiger partial charge in [-0.15, -0.1) is 0 Å². The summed E-state index contributed by atoms with van der Waals surface area (Å²) in [6, 6.07) is 6.26. The van der Waals surface area contributed by atoms with Crippen molar-refractivity contribution >= 4 is 0 Å². The fourth-order valence-corrected chi connectivity index (χ4v) is 2.07. The van der Waals surface area contributed by atoms with Crippen LogP contribution in [0.15, 0.2) is 28.8 Å². The predicted octanol–water partition coefficient (Wildman–Crippen LogP) is 3.50. The van der Waals surface area contributed by atoms with Gasteiger partial charge < -0.3 is 9.73 Å². The van der Waals surface area contributed by atoms with Crippen LogP contribution in [-0.2, 0) is 6.42 Å². The van der Waals surface area contributed by atoms with Crippen molar-refractivity contribution in [1.29, 1.82) is 0 Å². The van der Waals surface area contributed by atoms with Gasteiger partial charge in [-0.05, 0) is 37.9 Å². The second-order valence-corrected chi connectivity index (χ2v) is 4.87.